The molecule has 0 atom stereocenters. The highest BCUT2D eigenvalue weighted by Gasteiger charge is 2.31. The van der Waals surface area contributed by atoms with Crippen LogP contribution in [-0.2, 0) is 25.8 Å². The summed E-state index contributed by atoms with van der Waals surface area (Å²) in [5.74, 6) is 0.342. The number of hydrogen-bond donors (Lipinski definition) is 0. The van der Waals surface area contributed by atoms with Crippen molar-refractivity contribution in [1.82, 2.24) is 0 Å². The minimum absolute atomic E-state index is 0.0382. The molecule has 2 fully saturated rings. The molecule has 5 rings (SSSR count). The third kappa shape index (κ3) is 6.65. The van der Waals surface area contributed by atoms with Gasteiger partial charge in [0.1, 0.15) is 0 Å². The highest BCUT2D eigenvalue weighted by atomic mass is 16.2. The molecule has 0 unspecified atom stereocenters. The Morgan fingerprint density at radius 2 is 0.864 bits per heavy atom. The smallest absolute Gasteiger partial charge is 0.226 e. The van der Waals surface area contributed by atoms with Gasteiger partial charge in [-0.05, 0) is 87.4 Å². The minimum atomic E-state index is -0.133. The van der Waals surface area contributed by atoms with Crippen LogP contribution in [0.2, 0.25) is 0 Å². The van der Waals surface area contributed by atoms with Gasteiger partial charge in [0.15, 0.2) is 0 Å². The van der Waals surface area contributed by atoms with Crippen LogP contribution in [0.5, 0.6) is 0 Å². The fraction of sp³-hybridized carbons (Fsp3) is 0.500. The lowest BCUT2D eigenvalue weighted by molar-refractivity contribution is -0.120. The van der Waals surface area contributed by atoms with Gasteiger partial charge in [-0.3, -0.25) is 9.59 Å². The standard InChI is InChI=1S/C40H52N2O2/c1-38(2,3)30-22-29(23-31(24-30)39(4,5)6)27-16-18-28(19-17-27)37-33(41-20-12-10-14-35(41)43)25-32(40(7,8)9)26-34(37)42-21-13-11-15-36(42)44/h16-19,22-26H,10-15,20-21H2,1-9H3. The van der Waals surface area contributed by atoms with Crippen molar-refractivity contribution in [3.05, 3.63) is 71.3 Å². The van der Waals surface area contributed by atoms with E-state index in [0.29, 0.717) is 25.9 Å². The Bertz CT molecular complexity index is 1460. The molecule has 44 heavy (non-hydrogen) atoms. The van der Waals surface area contributed by atoms with Crippen molar-refractivity contribution < 1.29 is 9.59 Å². The molecule has 2 amide bonds. The molecule has 0 radical (unpaired) electrons. The average Bonchev–Trinajstić information content (AvgIpc) is 2.95. The topological polar surface area (TPSA) is 40.6 Å². The van der Waals surface area contributed by atoms with Crippen molar-refractivity contribution in [1.29, 1.82) is 0 Å². The molecule has 4 nitrogen and oxygen atoms in total. The van der Waals surface area contributed by atoms with E-state index in [1.807, 2.05) is 9.80 Å². The van der Waals surface area contributed by atoms with Crippen molar-refractivity contribution in [2.45, 2.75) is 117 Å². The molecule has 4 heteroatoms. The Hall–Kier alpha value is -3.40. The first-order chi connectivity index (χ1) is 20.5. The highest BCUT2D eigenvalue weighted by molar-refractivity contribution is 6.06. The molecular formula is C40H52N2O2. The summed E-state index contributed by atoms with van der Waals surface area (Å²) in [5.41, 5.74) is 10.1. The number of anilines is 2. The Labute approximate surface area is 265 Å². The molecule has 3 aromatic carbocycles. The second kappa shape index (κ2) is 11.8. The third-order valence-electron chi connectivity index (χ3n) is 9.36. The van der Waals surface area contributed by atoms with E-state index in [0.717, 1.165) is 53.7 Å². The third-order valence-corrected chi connectivity index (χ3v) is 9.36. The van der Waals surface area contributed by atoms with E-state index in [2.05, 4.69) is 117 Å². The van der Waals surface area contributed by atoms with Crippen molar-refractivity contribution in [3.8, 4) is 22.3 Å². The number of piperidine rings is 2. The maximum atomic E-state index is 13.4. The first-order valence-electron chi connectivity index (χ1n) is 16.6. The monoisotopic (exact) mass is 592 g/mol. The Balaban J connectivity index is 1.70. The van der Waals surface area contributed by atoms with E-state index in [9.17, 15) is 9.59 Å². The van der Waals surface area contributed by atoms with Gasteiger partial charge in [-0.15, -0.1) is 0 Å². The minimum Gasteiger partial charge on any atom is -0.312 e. The fourth-order valence-electron chi connectivity index (χ4n) is 6.38. The second-order valence-electron chi connectivity index (χ2n) is 16.0. The van der Waals surface area contributed by atoms with Crippen molar-refractivity contribution in [2.24, 2.45) is 0 Å². The number of nitrogens with zero attached hydrogens (tertiary/aromatic N) is 2. The maximum Gasteiger partial charge on any atom is 0.226 e. The number of benzene rings is 3. The molecule has 234 valence electrons. The molecule has 3 aromatic rings. The first kappa shape index (κ1) is 32.0. The number of carbonyl (C=O) groups excluding carboxylic acids is 2. The van der Waals surface area contributed by atoms with Gasteiger partial charge in [0.2, 0.25) is 11.8 Å². The van der Waals surface area contributed by atoms with Crippen LogP contribution in [0.3, 0.4) is 0 Å². The van der Waals surface area contributed by atoms with Gasteiger partial charge in [-0.25, -0.2) is 0 Å². The van der Waals surface area contributed by atoms with Crippen LogP contribution in [0.4, 0.5) is 11.4 Å². The van der Waals surface area contributed by atoms with Gasteiger partial charge in [0, 0.05) is 31.5 Å². The molecular weight excluding hydrogens is 540 g/mol. The van der Waals surface area contributed by atoms with Gasteiger partial charge in [-0.2, -0.15) is 0 Å². The molecule has 0 spiro atoms. The van der Waals surface area contributed by atoms with E-state index < -0.39 is 0 Å². The number of rotatable bonds is 4. The van der Waals surface area contributed by atoms with Crippen LogP contribution in [0, 0.1) is 0 Å². The van der Waals surface area contributed by atoms with E-state index in [1.54, 1.807) is 0 Å². The lowest BCUT2D eigenvalue weighted by atomic mass is 9.79. The number of amides is 2. The lowest BCUT2D eigenvalue weighted by Crippen LogP contribution is -2.38. The van der Waals surface area contributed by atoms with Crippen LogP contribution < -0.4 is 9.80 Å². The zero-order valence-corrected chi connectivity index (χ0v) is 28.6. The zero-order chi connectivity index (χ0) is 32.0. The SMILES string of the molecule is CC(C)(C)c1cc(-c2ccc(-c3c(N4CCCCC4=O)cc(C(C)(C)C)cc3N3CCCCC3=O)cc2)cc(C(C)(C)C)c1. The summed E-state index contributed by atoms with van der Waals surface area (Å²) in [4.78, 5) is 30.8. The molecule has 0 aromatic heterocycles. The Kier molecular flexibility index (Phi) is 8.61. The Morgan fingerprint density at radius 3 is 1.25 bits per heavy atom. The van der Waals surface area contributed by atoms with Gasteiger partial charge in [-0.1, -0.05) is 105 Å². The molecule has 2 saturated heterocycles. The number of carbonyl (C=O) groups is 2. The first-order valence-corrected chi connectivity index (χ1v) is 16.6. The summed E-state index contributed by atoms with van der Waals surface area (Å²) < 4.78 is 0. The van der Waals surface area contributed by atoms with Gasteiger partial charge in [0.25, 0.3) is 0 Å². The summed E-state index contributed by atoms with van der Waals surface area (Å²) in [6, 6.07) is 20.3. The lowest BCUT2D eigenvalue weighted by Gasteiger charge is -2.36. The molecule has 2 aliphatic rings. The van der Waals surface area contributed by atoms with E-state index >= 15 is 0 Å². The predicted octanol–water partition coefficient (Wildman–Crippen LogP) is 9.95. The molecule has 0 N–H and O–H groups in total. The van der Waals surface area contributed by atoms with E-state index in [-0.39, 0.29) is 28.1 Å². The second-order valence-corrected chi connectivity index (χ2v) is 16.0. The molecule has 2 heterocycles. The largest absolute Gasteiger partial charge is 0.312 e. The predicted molar refractivity (Wildman–Crippen MR) is 186 cm³/mol. The molecule has 0 aliphatic carbocycles. The zero-order valence-electron chi connectivity index (χ0n) is 28.6. The van der Waals surface area contributed by atoms with Crippen LogP contribution in [0.1, 0.15) is 118 Å². The van der Waals surface area contributed by atoms with Crippen LogP contribution in [-0.4, -0.2) is 24.9 Å². The summed E-state index contributed by atoms with van der Waals surface area (Å²) in [5, 5.41) is 0. The molecule has 2 aliphatic heterocycles. The summed E-state index contributed by atoms with van der Waals surface area (Å²) in [6.45, 7) is 21.7. The van der Waals surface area contributed by atoms with E-state index in [1.165, 1.54) is 22.3 Å². The van der Waals surface area contributed by atoms with Crippen LogP contribution >= 0.6 is 0 Å². The van der Waals surface area contributed by atoms with E-state index in [4.69, 9.17) is 0 Å². The van der Waals surface area contributed by atoms with Gasteiger partial charge >= 0.3 is 0 Å². The highest BCUT2D eigenvalue weighted by Crippen LogP contribution is 2.45. The quantitative estimate of drug-likeness (QED) is 0.302. The molecule has 0 saturated carbocycles. The van der Waals surface area contributed by atoms with Crippen molar-refractivity contribution >= 4 is 23.2 Å². The summed E-state index contributed by atoms with van der Waals surface area (Å²) in [7, 11) is 0. The fourth-order valence-corrected chi connectivity index (χ4v) is 6.38. The Morgan fingerprint density at radius 1 is 0.477 bits per heavy atom. The van der Waals surface area contributed by atoms with Crippen LogP contribution in [0.15, 0.2) is 54.6 Å². The maximum absolute atomic E-state index is 13.4. The summed E-state index contributed by atoms with van der Waals surface area (Å²) >= 11 is 0. The summed E-state index contributed by atoms with van der Waals surface area (Å²) in [6.07, 6.45) is 4.97. The number of hydrogen-bond acceptors (Lipinski definition) is 2. The van der Waals surface area contributed by atoms with Gasteiger partial charge in [0.05, 0.1) is 11.4 Å². The average molecular weight is 593 g/mol. The van der Waals surface area contributed by atoms with Crippen molar-refractivity contribution in [2.75, 3.05) is 22.9 Å². The normalized spacial score (nSPS) is 16.9. The molecule has 0 bridgehead atoms. The van der Waals surface area contributed by atoms with Crippen LogP contribution in [0.25, 0.3) is 22.3 Å². The van der Waals surface area contributed by atoms with Gasteiger partial charge < -0.3 is 9.80 Å². The van der Waals surface area contributed by atoms with Crippen molar-refractivity contribution in [3.63, 3.8) is 0 Å².